The second-order valence-corrected chi connectivity index (χ2v) is 3.73. The van der Waals surface area contributed by atoms with Crippen LogP contribution in [0.15, 0.2) is 24.3 Å². The van der Waals surface area contributed by atoms with Gasteiger partial charge in [0.15, 0.2) is 0 Å². The van der Waals surface area contributed by atoms with E-state index in [1.165, 1.54) is 0 Å². The van der Waals surface area contributed by atoms with Crippen molar-refractivity contribution in [2.45, 2.75) is 19.3 Å². The maximum Gasteiger partial charge on any atom is 0.130 e. The van der Waals surface area contributed by atoms with Crippen LogP contribution in [0, 0.1) is 0 Å². The summed E-state index contributed by atoms with van der Waals surface area (Å²) < 4.78 is 0. The minimum Gasteiger partial charge on any atom is -0.302 e. The summed E-state index contributed by atoms with van der Waals surface area (Å²) in [6.45, 7) is 3.70. The number of carbonyl (C=O) groups excluding carboxylic acids is 1. The van der Waals surface area contributed by atoms with E-state index in [4.69, 9.17) is 11.6 Å². The van der Waals surface area contributed by atoms with Crippen molar-refractivity contribution >= 4 is 17.9 Å². The lowest BCUT2D eigenvalue weighted by molar-refractivity contribution is -0.111. The van der Waals surface area contributed by atoms with E-state index in [1.54, 1.807) is 6.07 Å². The summed E-state index contributed by atoms with van der Waals surface area (Å²) in [5.74, 6) is 0. The van der Waals surface area contributed by atoms with Crippen LogP contribution in [0.1, 0.15) is 19.4 Å². The highest BCUT2D eigenvalue weighted by molar-refractivity contribution is 6.31. The molecule has 1 rings (SSSR count). The van der Waals surface area contributed by atoms with Gasteiger partial charge in [0.1, 0.15) is 6.29 Å². The molecular weight excluding hydrogens is 172 g/mol. The number of aldehydes is 1. The van der Waals surface area contributed by atoms with Crippen molar-refractivity contribution in [1.82, 2.24) is 0 Å². The zero-order valence-electron chi connectivity index (χ0n) is 7.17. The molecule has 0 spiro atoms. The molecule has 0 bridgehead atoms. The van der Waals surface area contributed by atoms with Gasteiger partial charge in [0.25, 0.3) is 0 Å². The quantitative estimate of drug-likeness (QED) is 0.643. The topological polar surface area (TPSA) is 17.1 Å². The molecule has 0 aliphatic rings. The van der Waals surface area contributed by atoms with Gasteiger partial charge in [-0.15, -0.1) is 0 Å². The van der Waals surface area contributed by atoms with Gasteiger partial charge in [-0.2, -0.15) is 0 Å². The zero-order valence-corrected chi connectivity index (χ0v) is 7.93. The van der Waals surface area contributed by atoms with Crippen molar-refractivity contribution in [2.24, 2.45) is 0 Å². The van der Waals surface area contributed by atoms with Gasteiger partial charge in [0.2, 0.25) is 0 Å². The first-order chi connectivity index (χ1) is 5.58. The number of rotatable bonds is 2. The number of benzene rings is 1. The molecule has 1 aromatic carbocycles. The van der Waals surface area contributed by atoms with Gasteiger partial charge in [0, 0.05) is 10.4 Å². The first-order valence-corrected chi connectivity index (χ1v) is 4.17. The summed E-state index contributed by atoms with van der Waals surface area (Å²) in [4.78, 5) is 10.7. The molecule has 0 saturated heterocycles. The maximum absolute atomic E-state index is 10.7. The molecule has 1 nitrogen and oxygen atoms in total. The Kier molecular flexibility index (Phi) is 2.53. The van der Waals surface area contributed by atoms with Gasteiger partial charge in [0.05, 0.1) is 0 Å². The highest BCUT2D eigenvalue weighted by Crippen LogP contribution is 2.27. The van der Waals surface area contributed by atoms with Crippen LogP contribution in [0.4, 0.5) is 0 Å². The largest absolute Gasteiger partial charge is 0.302 e. The Balaban J connectivity index is 3.19. The highest BCUT2D eigenvalue weighted by atomic mass is 35.5. The van der Waals surface area contributed by atoms with E-state index in [1.807, 2.05) is 32.0 Å². The molecule has 12 heavy (non-hydrogen) atoms. The van der Waals surface area contributed by atoms with E-state index < -0.39 is 5.41 Å². The van der Waals surface area contributed by atoms with Gasteiger partial charge in [-0.1, -0.05) is 29.8 Å². The molecule has 1 aromatic rings. The van der Waals surface area contributed by atoms with E-state index >= 15 is 0 Å². The first kappa shape index (κ1) is 9.27. The fraction of sp³-hybridized carbons (Fsp3) is 0.300. The van der Waals surface area contributed by atoms with Crippen LogP contribution in [-0.2, 0) is 10.2 Å². The number of hydrogen-bond donors (Lipinski definition) is 0. The summed E-state index contributed by atoms with van der Waals surface area (Å²) in [7, 11) is 0. The Morgan fingerprint density at radius 3 is 2.42 bits per heavy atom. The summed E-state index contributed by atoms with van der Waals surface area (Å²) in [6.07, 6.45) is 0.911. The van der Waals surface area contributed by atoms with Crippen molar-refractivity contribution in [2.75, 3.05) is 0 Å². The van der Waals surface area contributed by atoms with E-state index in [9.17, 15) is 4.79 Å². The van der Waals surface area contributed by atoms with Gasteiger partial charge in [-0.25, -0.2) is 0 Å². The molecular formula is C10H11ClO. The molecule has 0 unspecified atom stereocenters. The van der Waals surface area contributed by atoms with Gasteiger partial charge in [-0.05, 0) is 25.5 Å². The van der Waals surface area contributed by atoms with Crippen molar-refractivity contribution in [3.8, 4) is 0 Å². The third-order valence-corrected chi connectivity index (χ3v) is 2.19. The fourth-order valence-electron chi connectivity index (χ4n) is 1.05. The van der Waals surface area contributed by atoms with Crippen LogP contribution in [0.3, 0.4) is 0 Å². The Labute approximate surface area is 77.4 Å². The molecule has 0 radical (unpaired) electrons. The van der Waals surface area contributed by atoms with Crippen molar-refractivity contribution in [3.63, 3.8) is 0 Å². The third-order valence-electron chi connectivity index (χ3n) is 1.86. The average molecular weight is 183 g/mol. The minimum absolute atomic E-state index is 0.488. The molecule has 2 heteroatoms. The van der Waals surface area contributed by atoms with Gasteiger partial charge in [-0.3, -0.25) is 0 Å². The Bertz CT molecular complexity index is 292. The number of halogens is 1. The van der Waals surface area contributed by atoms with Crippen LogP contribution < -0.4 is 0 Å². The summed E-state index contributed by atoms with van der Waals surface area (Å²) in [5, 5.41) is 0.648. The van der Waals surface area contributed by atoms with Gasteiger partial charge >= 0.3 is 0 Å². The molecule has 0 aliphatic heterocycles. The molecule has 0 fully saturated rings. The van der Waals surface area contributed by atoms with Gasteiger partial charge < -0.3 is 4.79 Å². The summed E-state index contributed by atoms with van der Waals surface area (Å²) in [6, 6.07) is 7.40. The molecule has 0 saturated carbocycles. The Morgan fingerprint density at radius 1 is 1.33 bits per heavy atom. The van der Waals surface area contributed by atoms with E-state index in [2.05, 4.69) is 0 Å². The lowest BCUT2D eigenvalue weighted by Gasteiger charge is -2.18. The number of hydrogen-bond acceptors (Lipinski definition) is 1. The Morgan fingerprint density at radius 2 is 1.92 bits per heavy atom. The summed E-state index contributed by atoms with van der Waals surface area (Å²) in [5.41, 5.74) is 0.389. The molecule has 0 aliphatic carbocycles. The predicted octanol–water partition coefficient (Wildman–Crippen LogP) is 2.82. The van der Waals surface area contributed by atoms with E-state index in [-0.39, 0.29) is 0 Å². The maximum atomic E-state index is 10.7. The van der Waals surface area contributed by atoms with Crippen molar-refractivity contribution < 1.29 is 4.79 Å². The van der Waals surface area contributed by atoms with Crippen LogP contribution in [0.2, 0.25) is 5.02 Å². The van der Waals surface area contributed by atoms with Crippen molar-refractivity contribution in [1.29, 1.82) is 0 Å². The standard InChI is InChI=1S/C10H11ClO/c1-10(2,7-12)8-5-3-4-6-9(8)11/h3-7H,1-2H3. The number of carbonyl (C=O) groups is 1. The zero-order chi connectivity index (χ0) is 9.19. The molecule has 0 heterocycles. The van der Waals surface area contributed by atoms with E-state index in [0.29, 0.717) is 5.02 Å². The molecule has 0 amide bonds. The Hall–Kier alpha value is -0.820. The molecule has 0 N–H and O–H groups in total. The second kappa shape index (κ2) is 3.28. The third kappa shape index (κ3) is 1.67. The van der Waals surface area contributed by atoms with Crippen LogP contribution in [0.25, 0.3) is 0 Å². The molecule has 0 atom stereocenters. The lowest BCUT2D eigenvalue weighted by Crippen LogP contribution is -2.18. The first-order valence-electron chi connectivity index (χ1n) is 3.79. The fourth-order valence-corrected chi connectivity index (χ4v) is 1.43. The smallest absolute Gasteiger partial charge is 0.130 e. The monoisotopic (exact) mass is 182 g/mol. The predicted molar refractivity (Wildman–Crippen MR) is 50.5 cm³/mol. The normalized spacial score (nSPS) is 11.2. The highest BCUT2D eigenvalue weighted by Gasteiger charge is 2.21. The second-order valence-electron chi connectivity index (χ2n) is 3.32. The molecule has 64 valence electrons. The molecule has 0 aromatic heterocycles. The SMILES string of the molecule is CC(C)(C=O)c1ccccc1Cl. The van der Waals surface area contributed by atoms with Crippen LogP contribution in [0.5, 0.6) is 0 Å². The minimum atomic E-state index is -0.488. The summed E-state index contributed by atoms with van der Waals surface area (Å²) >= 11 is 5.93. The van der Waals surface area contributed by atoms with Crippen molar-refractivity contribution in [3.05, 3.63) is 34.9 Å². The van der Waals surface area contributed by atoms with Crippen LogP contribution >= 0.6 is 11.6 Å². The lowest BCUT2D eigenvalue weighted by atomic mass is 9.86. The average Bonchev–Trinajstić information content (AvgIpc) is 2.05. The van der Waals surface area contributed by atoms with E-state index in [0.717, 1.165) is 11.8 Å². The van der Waals surface area contributed by atoms with Crippen LogP contribution in [-0.4, -0.2) is 6.29 Å².